The van der Waals surface area contributed by atoms with Gasteiger partial charge in [0.05, 0.1) is 18.6 Å². The first-order valence-electron chi connectivity index (χ1n) is 13.3. The van der Waals surface area contributed by atoms with E-state index >= 15 is 0 Å². The van der Waals surface area contributed by atoms with Crippen LogP contribution in [0, 0.1) is 16.7 Å². The molecule has 0 saturated carbocycles. The van der Waals surface area contributed by atoms with Crippen molar-refractivity contribution in [2.75, 3.05) is 25.0 Å². The summed E-state index contributed by atoms with van der Waals surface area (Å²) in [6, 6.07) is 6.94. The summed E-state index contributed by atoms with van der Waals surface area (Å²) in [5.74, 6) is 1.39. The molecule has 1 aromatic heterocycles. The van der Waals surface area contributed by atoms with Crippen molar-refractivity contribution in [3.8, 4) is 23.1 Å². The van der Waals surface area contributed by atoms with Gasteiger partial charge in [0.15, 0.2) is 17.3 Å². The number of methoxy groups -OCH3 is 1. The molecule has 1 unspecified atom stereocenters. The molecular formula is C29H41N3O6S. The fourth-order valence-corrected chi connectivity index (χ4v) is 5.96. The van der Waals surface area contributed by atoms with Gasteiger partial charge >= 0.3 is 0 Å². The molecule has 3 rings (SSSR count). The van der Waals surface area contributed by atoms with Gasteiger partial charge in [-0.2, -0.15) is 4.98 Å². The molecule has 0 bridgehead atoms. The molecule has 1 atom stereocenters. The fraction of sp³-hybridized carbons (Fsp3) is 0.517. The zero-order valence-corrected chi connectivity index (χ0v) is 24.8. The fourth-order valence-electron chi connectivity index (χ4n) is 4.90. The first-order valence-corrected chi connectivity index (χ1v) is 14.7. The number of sulfonamides is 1. The van der Waals surface area contributed by atoms with Gasteiger partial charge in [-0.1, -0.05) is 65.8 Å². The number of aryl methyl sites for hydroxylation is 1. The van der Waals surface area contributed by atoms with Gasteiger partial charge in [-0.3, -0.25) is 4.72 Å². The molecule has 0 radical (unpaired) electrons. The minimum Gasteiger partial charge on any atom is -0.493 e. The normalized spacial score (nSPS) is 17.6. The molecule has 10 heteroatoms. The van der Waals surface area contributed by atoms with Gasteiger partial charge in [-0.25, -0.2) is 13.4 Å². The lowest BCUT2D eigenvalue weighted by Gasteiger charge is -2.47. The quantitative estimate of drug-likeness (QED) is 0.331. The molecule has 214 valence electrons. The third-order valence-electron chi connectivity index (χ3n) is 7.12. The maximum Gasteiger partial charge on any atom is 0.263 e. The number of hydrogen-bond acceptors (Lipinski definition) is 8. The smallest absolute Gasteiger partial charge is 0.263 e. The van der Waals surface area contributed by atoms with E-state index in [9.17, 15) is 13.5 Å². The molecule has 9 nitrogen and oxygen atoms in total. The lowest BCUT2D eigenvalue weighted by Crippen LogP contribution is -2.39. The summed E-state index contributed by atoms with van der Waals surface area (Å²) >= 11 is 0. The summed E-state index contributed by atoms with van der Waals surface area (Å²) in [5.41, 5.74) is -0.244. The number of rotatable bonds is 12. The highest BCUT2D eigenvalue weighted by atomic mass is 32.2. The van der Waals surface area contributed by atoms with Crippen LogP contribution in [0.4, 0.5) is 5.82 Å². The molecular weight excluding hydrogens is 518 g/mol. The Balaban J connectivity index is 2.07. The number of nitrogens with zero attached hydrogens (tertiary/aromatic N) is 2. The van der Waals surface area contributed by atoms with Gasteiger partial charge < -0.3 is 19.3 Å². The molecule has 0 aliphatic heterocycles. The van der Waals surface area contributed by atoms with Crippen molar-refractivity contribution in [2.24, 2.45) is 16.7 Å². The largest absolute Gasteiger partial charge is 0.493 e. The van der Waals surface area contributed by atoms with Crippen LogP contribution in [0.1, 0.15) is 60.2 Å². The molecule has 1 heterocycles. The summed E-state index contributed by atoms with van der Waals surface area (Å²) < 4.78 is 47.1. The van der Waals surface area contributed by atoms with Gasteiger partial charge in [0, 0.05) is 6.42 Å². The molecule has 39 heavy (non-hydrogen) atoms. The Morgan fingerprint density at radius 2 is 1.85 bits per heavy atom. The van der Waals surface area contributed by atoms with Crippen LogP contribution in [0.5, 0.6) is 23.1 Å². The van der Waals surface area contributed by atoms with E-state index in [1.54, 1.807) is 36.4 Å². The summed E-state index contributed by atoms with van der Waals surface area (Å²) in [7, 11) is -2.53. The van der Waals surface area contributed by atoms with E-state index < -0.39 is 10.0 Å². The molecule has 0 amide bonds. The standard InChI is InChI=1S/C29H41N3O6S/c1-8-11-24-30-26(25(27(31-24)37-19-18-33)38-23-13-10-9-12-22(23)36-7)32-39(34,35)21-14-16-29(17-15-21,20(2)3)28(4,5)6/h9-10,12-16,20,33H,8,11,17-19H2,1-7H3,(H,30,31,32). The summed E-state index contributed by atoms with van der Waals surface area (Å²) in [5, 5.41) is 9.37. The number of aliphatic hydroxyl groups excluding tert-OH is 1. The third kappa shape index (κ3) is 6.73. The topological polar surface area (TPSA) is 120 Å². The van der Waals surface area contributed by atoms with Crippen LogP contribution in [0.15, 0.2) is 47.4 Å². The minimum atomic E-state index is -4.04. The Morgan fingerprint density at radius 3 is 2.38 bits per heavy atom. The second-order valence-electron chi connectivity index (χ2n) is 10.9. The molecule has 1 aliphatic carbocycles. The number of anilines is 1. The number of ether oxygens (including phenoxy) is 3. The Morgan fingerprint density at radius 1 is 1.15 bits per heavy atom. The molecule has 1 aromatic carbocycles. The van der Waals surface area contributed by atoms with Crippen molar-refractivity contribution in [3.63, 3.8) is 0 Å². The predicted octanol–water partition coefficient (Wildman–Crippen LogP) is 5.88. The van der Waals surface area contributed by atoms with Gasteiger partial charge in [-0.05, 0) is 47.8 Å². The van der Waals surface area contributed by atoms with Crippen LogP contribution in [-0.4, -0.2) is 43.8 Å². The van der Waals surface area contributed by atoms with Gasteiger partial charge in [0.2, 0.25) is 5.75 Å². The predicted molar refractivity (Wildman–Crippen MR) is 153 cm³/mol. The first kappa shape index (κ1) is 30.4. The van der Waals surface area contributed by atoms with E-state index in [1.165, 1.54) is 7.11 Å². The molecule has 0 saturated heterocycles. The number of allylic oxidation sites excluding steroid dienone is 3. The number of hydrogen-bond donors (Lipinski definition) is 2. The van der Waals surface area contributed by atoms with Crippen LogP contribution in [0.3, 0.4) is 0 Å². The van der Waals surface area contributed by atoms with Crippen molar-refractivity contribution >= 4 is 15.8 Å². The Kier molecular flexibility index (Phi) is 9.66. The summed E-state index contributed by atoms with van der Waals surface area (Å²) in [6.07, 6.45) is 7.28. The van der Waals surface area contributed by atoms with Gasteiger partial charge in [0.1, 0.15) is 12.4 Å². The van der Waals surface area contributed by atoms with Crippen molar-refractivity contribution in [2.45, 2.75) is 60.8 Å². The number of nitrogens with one attached hydrogen (secondary N) is 1. The average Bonchev–Trinajstić information content (AvgIpc) is 2.88. The highest BCUT2D eigenvalue weighted by Gasteiger charge is 2.43. The second kappa shape index (κ2) is 12.4. The molecule has 2 N–H and O–H groups in total. The summed E-state index contributed by atoms with van der Waals surface area (Å²) in [4.78, 5) is 9.10. The van der Waals surface area contributed by atoms with E-state index in [2.05, 4.69) is 49.3 Å². The molecule has 0 spiro atoms. The maximum absolute atomic E-state index is 13.7. The first-order chi connectivity index (χ1) is 18.4. The molecule has 2 aromatic rings. The zero-order chi connectivity index (χ0) is 28.8. The van der Waals surface area contributed by atoms with Crippen LogP contribution < -0.4 is 18.9 Å². The van der Waals surface area contributed by atoms with Crippen molar-refractivity contribution in [3.05, 3.63) is 53.2 Å². The highest BCUT2D eigenvalue weighted by Crippen LogP contribution is 2.51. The van der Waals surface area contributed by atoms with Crippen LogP contribution >= 0.6 is 0 Å². The lowest BCUT2D eigenvalue weighted by atomic mass is 9.58. The Labute approximate surface area is 232 Å². The number of benzene rings is 1. The second-order valence-corrected chi connectivity index (χ2v) is 12.6. The third-order valence-corrected chi connectivity index (χ3v) is 8.50. The van der Waals surface area contributed by atoms with Gasteiger partial charge in [0.25, 0.3) is 15.9 Å². The van der Waals surface area contributed by atoms with E-state index in [1.807, 2.05) is 13.0 Å². The lowest BCUT2D eigenvalue weighted by molar-refractivity contribution is 0.0875. The van der Waals surface area contributed by atoms with Crippen LogP contribution in [0.2, 0.25) is 0 Å². The zero-order valence-electron chi connectivity index (χ0n) is 23.9. The average molecular weight is 560 g/mol. The monoisotopic (exact) mass is 559 g/mol. The Hall–Kier alpha value is -3.11. The van der Waals surface area contributed by atoms with E-state index in [0.717, 1.165) is 6.42 Å². The molecule has 0 fully saturated rings. The Bertz CT molecular complexity index is 1310. The van der Waals surface area contributed by atoms with Crippen LogP contribution in [0.25, 0.3) is 0 Å². The summed E-state index contributed by atoms with van der Waals surface area (Å²) in [6.45, 7) is 12.5. The number of para-hydroxylation sites is 2. The number of aromatic nitrogens is 2. The maximum atomic E-state index is 13.7. The van der Waals surface area contributed by atoms with Gasteiger partial charge in [-0.15, -0.1) is 0 Å². The van der Waals surface area contributed by atoms with Crippen molar-refractivity contribution < 1.29 is 27.7 Å². The molecule has 1 aliphatic rings. The van der Waals surface area contributed by atoms with Crippen molar-refractivity contribution in [1.29, 1.82) is 0 Å². The van der Waals surface area contributed by atoms with E-state index in [4.69, 9.17) is 14.2 Å². The minimum absolute atomic E-state index is 0.0193. The van der Waals surface area contributed by atoms with Crippen LogP contribution in [-0.2, 0) is 16.4 Å². The SMILES string of the molecule is CCCc1nc(NS(=O)(=O)C2=CCC(C(C)C)(C(C)(C)C)C=C2)c(Oc2ccccc2OC)c(OCCO)n1. The van der Waals surface area contributed by atoms with E-state index in [0.29, 0.717) is 36.1 Å². The van der Waals surface area contributed by atoms with E-state index in [-0.39, 0.29) is 46.4 Å². The van der Waals surface area contributed by atoms with Crippen molar-refractivity contribution in [1.82, 2.24) is 9.97 Å². The number of aliphatic hydroxyl groups is 1. The highest BCUT2D eigenvalue weighted by molar-refractivity contribution is 7.96.